The molecule has 0 aliphatic carbocycles. The Bertz CT molecular complexity index is 824. The van der Waals surface area contributed by atoms with E-state index in [1.165, 1.54) is 116 Å². The van der Waals surface area contributed by atoms with Gasteiger partial charge >= 0.3 is 17.9 Å². The highest BCUT2D eigenvalue weighted by Crippen LogP contribution is 2.23. The van der Waals surface area contributed by atoms with E-state index in [9.17, 15) is 14.4 Å². The molecule has 0 rings (SSSR count). The molecular weight excluding hydrogens is 711 g/mol. The van der Waals surface area contributed by atoms with Gasteiger partial charge in [-0.05, 0) is 103 Å². The van der Waals surface area contributed by atoms with Gasteiger partial charge in [-0.1, -0.05) is 163 Å². The maximum Gasteiger partial charge on any atom is 0.306 e. The van der Waals surface area contributed by atoms with Crippen LogP contribution in [0.25, 0.3) is 0 Å². The lowest BCUT2D eigenvalue weighted by Gasteiger charge is -2.19. The quantitative estimate of drug-likeness (QED) is 0.0344. The van der Waals surface area contributed by atoms with Crippen LogP contribution in [0.4, 0.5) is 0 Å². The lowest BCUT2D eigenvalue weighted by molar-refractivity contribution is -0.150. The maximum atomic E-state index is 12.7. The first kappa shape index (κ1) is 55.4. The van der Waals surface area contributed by atoms with Crippen molar-refractivity contribution in [1.82, 2.24) is 4.90 Å². The molecule has 0 fully saturated rings. The minimum absolute atomic E-state index is 0.00283. The van der Waals surface area contributed by atoms with Crippen molar-refractivity contribution < 1.29 is 28.6 Å². The van der Waals surface area contributed by atoms with Crippen LogP contribution in [0.3, 0.4) is 0 Å². The smallest absolute Gasteiger partial charge is 0.306 e. The number of nitrogens with zero attached hydrogens (tertiary/aromatic N) is 1. The summed E-state index contributed by atoms with van der Waals surface area (Å²) >= 11 is 0. The average Bonchev–Trinajstić information content (AvgIpc) is 3.20. The van der Waals surface area contributed by atoms with Crippen molar-refractivity contribution in [3.63, 3.8) is 0 Å². The third kappa shape index (κ3) is 38.3. The van der Waals surface area contributed by atoms with Crippen LogP contribution in [0.2, 0.25) is 0 Å². The summed E-state index contributed by atoms with van der Waals surface area (Å²) in [7, 11) is 2.10. The second kappa shape index (κ2) is 42.5. The van der Waals surface area contributed by atoms with E-state index >= 15 is 0 Å². The van der Waals surface area contributed by atoms with Crippen LogP contribution in [-0.2, 0) is 28.6 Å². The van der Waals surface area contributed by atoms with E-state index in [1.807, 2.05) is 0 Å². The molecule has 7 nitrogen and oxygen atoms in total. The Balaban J connectivity index is 4.20. The lowest BCUT2D eigenvalue weighted by Crippen LogP contribution is -2.22. The molecule has 57 heavy (non-hydrogen) atoms. The highest BCUT2D eigenvalue weighted by Gasteiger charge is 2.17. The summed E-state index contributed by atoms with van der Waals surface area (Å²) in [6.07, 6.45) is 37.4. The number of hydrogen-bond acceptors (Lipinski definition) is 7. The molecule has 0 bridgehead atoms. The number of esters is 3. The molecule has 0 aromatic rings. The van der Waals surface area contributed by atoms with E-state index in [-0.39, 0.29) is 24.0 Å². The maximum absolute atomic E-state index is 12.7. The third-order valence-electron chi connectivity index (χ3n) is 11.9. The molecule has 7 heteroatoms. The van der Waals surface area contributed by atoms with Crippen LogP contribution in [0.5, 0.6) is 0 Å². The predicted molar refractivity (Wildman–Crippen MR) is 242 cm³/mol. The van der Waals surface area contributed by atoms with Gasteiger partial charge in [-0.25, -0.2) is 0 Å². The van der Waals surface area contributed by atoms with E-state index in [0.717, 1.165) is 96.6 Å². The molecule has 0 N–H and O–H groups in total. The molecule has 0 aromatic heterocycles. The van der Waals surface area contributed by atoms with Gasteiger partial charge in [0.1, 0.15) is 6.10 Å². The van der Waals surface area contributed by atoms with E-state index in [2.05, 4.69) is 46.6 Å². The monoisotopic (exact) mass is 808 g/mol. The van der Waals surface area contributed by atoms with Crippen LogP contribution < -0.4 is 0 Å². The fourth-order valence-electron chi connectivity index (χ4n) is 7.86. The number of carbonyl (C=O) groups is 3. The standard InChI is InChI=1S/C50H97NO6/c1-7-12-33-45(34-13-8-2)43-49(53)55-41-30-26-22-18-16-20-24-28-37-47(57-48(52)39-32-40-51(6)11-5)38-29-25-21-17-19-23-27-31-42-56-50(54)44-46(35-14-9-3)36-15-10-4/h45-47H,7-44H2,1-6H3. The second-order valence-corrected chi connectivity index (χ2v) is 17.5. The van der Waals surface area contributed by atoms with Gasteiger partial charge < -0.3 is 19.1 Å². The zero-order valence-electron chi connectivity index (χ0n) is 39.0. The average molecular weight is 808 g/mol. The van der Waals surface area contributed by atoms with Crippen molar-refractivity contribution >= 4 is 17.9 Å². The number of rotatable bonds is 44. The topological polar surface area (TPSA) is 82.1 Å². The summed E-state index contributed by atoms with van der Waals surface area (Å²) in [4.78, 5) is 39.7. The highest BCUT2D eigenvalue weighted by molar-refractivity contribution is 5.70. The number of carbonyl (C=O) groups excluding carboxylic acids is 3. The summed E-state index contributed by atoms with van der Waals surface area (Å²) in [5, 5.41) is 0. The van der Waals surface area contributed by atoms with Gasteiger partial charge in [0.2, 0.25) is 0 Å². The van der Waals surface area contributed by atoms with Crippen LogP contribution in [0.1, 0.15) is 253 Å². The van der Waals surface area contributed by atoms with E-state index in [1.54, 1.807) is 0 Å². The van der Waals surface area contributed by atoms with E-state index in [0.29, 0.717) is 44.3 Å². The first-order valence-electron chi connectivity index (χ1n) is 25.0. The Labute approximate surface area is 354 Å². The van der Waals surface area contributed by atoms with Crippen molar-refractivity contribution in [2.75, 3.05) is 33.4 Å². The number of ether oxygens (including phenoxy) is 3. The minimum atomic E-state index is -0.0264. The van der Waals surface area contributed by atoms with Gasteiger partial charge in [0.05, 0.1) is 13.2 Å². The van der Waals surface area contributed by atoms with Crippen LogP contribution in [-0.4, -0.2) is 62.3 Å². The molecule has 0 radical (unpaired) electrons. The summed E-state index contributed by atoms with van der Waals surface area (Å²) in [6, 6.07) is 0. The Hall–Kier alpha value is -1.63. The van der Waals surface area contributed by atoms with Gasteiger partial charge in [0.15, 0.2) is 0 Å². The van der Waals surface area contributed by atoms with E-state index < -0.39 is 0 Å². The molecule has 0 unspecified atom stereocenters. The molecule has 0 spiro atoms. The number of hydrogen-bond donors (Lipinski definition) is 0. The Kier molecular flexibility index (Phi) is 41.3. The van der Waals surface area contributed by atoms with Gasteiger partial charge in [-0.3, -0.25) is 14.4 Å². The van der Waals surface area contributed by atoms with E-state index in [4.69, 9.17) is 14.2 Å². The van der Waals surface area contributed by atoms with Crippen molar-refractivity contribution in [2.45, 2.75) is 259 Å². The normalized spacial score (nSPS) is 11.7. The molecule has 0 saturated carbocycles. The summed E-state index contributed by atoms with van der Waals surface area (Å²) < 4.78 is 17.2. The van der Waals surface area contributed by atoms with Gasteiger partial charge in [0, 0.05) is 19.3 Å². The Morgan fingerprint density at radius 3 is 1.12 bits per heavy atom. The van der Waals surface area contributed by atoms with Crippen LogP contribution in [0.15, 0.2) is 0 Å². The first-order chi connectivity index (χ1) is 27.8. The minimum Gasteiger partial charge on any atom is -0.466 e. The summed E-state index contributed by atoms with van der Waals surface area (Å²) in [5.74, 6) is 0.968. The Morgan fingerprint density at radius 1 is 0.421 bits per heavy atom. The zero-order chi connectivity index (χ0) is 42.0. The lowest BCUT2D eigenvalue weighted by atomic mass is 9.93. The zero-order valence-corrected chi connectivity index (χ0v) is 39.0. The fourth-order valence-corrected chi connectivity index (χ4v) is 7.86. The predicted octanol–water partition coefficient (Wildman–Crippen LogP) is 14.5. The molecule has 0 aliphatic rings. The molecule has 0 saturated heterocycles. The second-order valence-electron chi connectivity index (χ2n) is 17.5. The number of unbranched alkanes of at least 4 members (excludes halogenated alkanes) is 18. The molecular formula is C50H97NO6. The molecule has 0 atom stereocenters. The van der Waals surface area contributed by atoms with Gasteiger partial charge in [-0.2, -0.15) is 0 Å². The molecule has 0 aromatic carbocycles. The van der Waals surface area contributed by atoms with Crippen LogP contribution in [0, 0.1) is 11.8 Å². The SMILES string of the molecule is CCCCC(CCCC)CC(=O)OCCCCCCCCCCC(CCCCCCCCCCOC(=O)CC(CCCC)CCCC)OC(=O)CCCN(C)CC. The van der Waals surface area contributed by atoms with Crippen molar-refractivity contribution in [3.05, 3.63) is 0 Å². The first-order valence-corrected chi connectivity index (χ1v) is 25.0. The Morgan fingerprint density at radius 2 is 0.772 bits per heavy atom. The van der Waals surface area contributed by atoms with Gasteiger partial charge in [0.25, 0.3) is 0 Å². The molecule has 338 valence electrons. The van der Waals surface area contributed by atoms with Crippen LogP contribution >= 0.6 is 0 Å². The largest absolute Gasteiger partial charge is 0.466 e. The highest BCUT2D eigenvalue weighted by atomic mass is 16.5. The molecule has 0 amide bonds. The molecule has 0 aliphatic heterocycles. The van der Waals surface area contributed by atoms with Crippen molar-refractivity contribution in [2.24, 2.45) is 11.8 Å². The van der Waals surface area contributed by atoms with Crippen molar-refractivity contribution in [3.8, 4) is 0 Å². The summed E-state index contributed by atoms with van der Waals surface area (Å²) in [6.45, 7) is 14.1. The summed E-state index contributed by atoms with van der Waals surface area (Å²) in [5.41, 5.74) is 0. The molecule has 0 heterocycles. The fraction of sp³-hybridized carbons (Fsp3) is 0.940. The van der Waals surface area contributed by atoms with Gasteiger partial charge in [-0.15, -0.1) is 0 Å². The van der Waals surface area contributed by atoms with Crippen molar-refractivity contribution in [1.29, 1.82) is 0 Å². The third-order valence-corrected chi connectivity index (χ3v) is 11.9.